The van der Waals surface area contributed by atoms with E-state index in [-0.39, 0.29) is 12.0 Å². The van der Waals surface area contributed by atoms with E-state index in [0.29, 0.717) is 11.6 Å². The lowest BCUT2D eigenvalue weighted by atomic mass is 10.2. The maximum Gasteiger partial charge on any atom is 0.328 e. The Morgan fingerprint density at radius 1 is 1.47 bits per heavy atom. The van der Waals surface area contributed by atoms with Gasteiger partial charge in [0.05, 0.1) is 6.61 Å². The summed E-state index contributed by atoms with van der Waals surface area (Å²) in [5.41, 5.74) is 1.03. The largest absolute Gasteiger partial charge is 0.464 e. The lowest BCUT2D eigenvalue weighted by Crippen LogP contribution is -2.37. The molecule has 1 saturated heterocycles. The van der Waals surface area contributed by atoms with Gasteiger partial charge in [-0.3, -0.25) is 0 Å². The van der Waals surface area contributed by atoms with E-state index in [1.54, 1.807) is 0 Å². The Balaban J connectivity index is 2.14. The minimum Gasteiger partial charge on any atom is -0.464 e. The van der Waals surface area contributed by atoms with Gasteiger partial charge >= 0.3 is 5.97 Å². The summed E-state index contributed by atoms with van der Waals surface area (Å²) in [5, 5.41) is 0.709. The van der Waals surface area contributed by atoms with Crippen molar-refractivity contribution < 1.29 is 9.53 Å². The Morgan fingerprint density at radius 3 is 2.82 bits per heavy atom. The van der Waals surface area contributed by atoms with E-state index in [4.69, 9.17) is 16.3 Å². The number of esters is 1. The Kier molecular flexibility index (Phi) is 3.89. The van der Waals surface area contributed by atoms with Crippen molar-refractivity contribution in [1.82, 2.24) is 0 Å². The first-order valence-corrected chi connectivity index (χ1v) is 6.29. The first-order valence-electron chi connectivity index (χ1n) is 5.91. The average Bonchev–Trinajstić information content (AvgIpc) is 2.79. The summed E-state index contributed by atoms with van der Waals surface area (Å²) in [6.45, 7) is 3.16. The van der Waals surface area contributed by atoms with E-state index in [1.807, 2.05) is 31.2 Å². The molecular weight excluding hydrogens is 238 g/mol. The summed E-state index contributed by atoms with van der Waals surface area (Å²) in [7, 11) is 0. The van der Waals surface area contributed by atoms with Crippen LogP contribution in [0.5, 0.6) is 0 Å². The molecule has 3 nitrogen and oxygen atoms in total. The molecule has 0 saturated carbocycles. The molecule has 1 fully saturated rings. The van der Waals surface area contributed by atoms with E-state index in [9.17, 15) is 4.79 Å². The predicted octanol–water partition coefficient (Wildman–Crippen LogP) is 2.87. The highest BCUT2D eigenvalue weighted by Gasteiger charge is 2.31. The van der Waals surface area contributed by atoms with Crippen LogP contribution < -0.4 is 4.90 Å². The summed E-state index contributed by atoms with van der Waals surface area (Å²) >= 11 is 5.86. The van der Waals surface area contributed by atoms with Crippen molar-refractivity contribution in [2.24, 2.45) is 0 Å². The van der Waals surface area contributed by atoms with Gasteiger partial charge in [0.25, 0.3) is 0 Å². The first-order chi connectivity index (χ1) is 8.22. The number of halogens is 1. The minimum absolute atomic E-state index is 0.125. The van der Waals surface area contributed by atoms with Gasteiger partial charge in [-0.1, -0.05) is 11.6 Å². The highest BCUT2D eigenvalue weighted by Crippen LogP contribution is 2.27. The predicted molar refractivity (Wildman–Crippen MR) is 68.5 cm³/mol. The molecule has 0 N–H and O–H groups in total. The maximum absolute atomic E-state index is 11.8. The first kappa shape index (κ1) is 12.2. The van der Waals surface area contributed by atoms with Crippen LogP contribution in [0, 0.1) is 0 Å². The molecule has 4 heteroatoms. The molecule has 0 radical (unpaired) electrons. The fourth-order valence-electron chi connectivity index (χ4n) is 2.19. The Morgan fingerprint density at radius 2 is 2.18 bits per heavy atom. The van der Waals surface area contributed by atoms with Gasteiger partial charge in [-0.25, -0.2) is 4.79 Å². The fraction of sp³-hybridized carbons (Fsp3) is 0.462. The molecule has 1 aliphatic rings. The highest BCUT2D eigenvalue weighted by atomic mass is 35.5. The summed E-state index contributed by atoms with van der Waals surface area (Å²) in [5.74, 6) is -0.125. The number of hydrogen-bond acceptors (Lipinski definition) is 3. The third-order valence-corrected chi connectivity index (χ3v) is 3.22. The van der Waals surface area contributed by atoms with E-state index in [2.05, 4.69) is 4.90 Å². The summed E-state index contributed by atoms with van der Waals surface area (Å²) < 4.78 is 5.09. The second-order valence-corrected chi connectivity index (χ2v) is 4.52. The van der Waals surface area contributed by atoms with Gasteiger partial charge in [-0.05, 0) is 44.0 Å². The number of hydrogen-bond donors (Lipinski definition) is 0. The zero-order valence-corrected chi connectivity index (χ0v) is 10.6. The van der Waals surface area contributed by atoms with Crippen LogP contribution >= 0.6 is 11.6 Å². The van der Waals surface area contributed by atoms with Gasteiger partial charge in [0.1, 0.15) is 6.04 Å². The van der Waals surface area contributed by atoms with Crippen LogP contribution in [0.2, 0.25) is 5.02 Å². The zero-order chi connectivity index (χ0) is 12.3. The Labute approximate surface area is 106 Å². The van der Waals surface area contributed by atoms with Gasteiger partial charge < -0.3 is 9.64 Å². The lowest BCUT2D eigenvalue weighted by Gasteiger charge is -2.25. The van der Waals surface area contributed by atoms with Crippen LogP contribution in [0.4, 0.5) is 5.69 Å². The molecule has 0 amide bonds. The van der Waals surface area contributed by atoms with Gasteiger partial charge in [0.2, 0.25) is 0 Å². The van der Waals surface area contributed by atoms with Crippen molar-refractivity contribution in [2.75, 3.05) is 18.1 Å². The van der Waals surface area contributed by atoms with Crippen LogP contribution in [0.1, 0.15) is 19.8 Å². The molecule has 0 aliphatic carbocycles. The highest BCUT2D eigenvalue weighted by molar-refractivity contribution is 6.30. The minimum atomic E-state index is -0.142. The normalized spacial score (nSPS) is 19.4. The fourth-order valence-corrected chi connectivity index (χ4v) is 2.32. The molecule has 1 aliphatic heterocycles. The number of nitrogens with zero attached hydrogens (tertiary/aromatic N) is 1. The molecule has 1 aromatic carbocycles. The van der Waals surface area contributed by atoms with Gasteiger partial charge in [0.15, 0.2) is 0 Å². The number of anilines is 1. The van der Waals surface area contributed by atoms with Crippen LogP contribution in [0.3, 0.4) is 0 Å². The van der Waals surface area contributed by atoms with Gasteiger partial charge in [-0.2, -0.15) is 0 Å². The number of carbonyl (C=O) groups is 1. The summed E-state index contributed by atoms with van der Waals surface area (Å²) in [6, 6.07) is 7.44. The number of carbonyl (C=O) groups excluding carboxylic acids is 1. The van der Waals surface area contributed by atoms with Crippen molar-refractivity contribution in [3.05, 3.63) is 29.3 Å². The molecule has 0 aromatic heterocycles. The van der Waals surface area contributed by atoms with Gasteiger partial charge in [-0.15, -0.1) is 0 Å². The second-order valence-electron chi connectivity index (χ2n) is 4.08. The van der Waals surface area contributed by atoms with E-state index in [1.165, 1.54) is 0 Å². The Hall–Kier alpha value is -1.22. The number of rotatable bonds is 3. The van der Waals surface area contributed by atoms with Crippen molar-refractivity contribution in [1.29, 1.82) is 0 Å². The molecular formula is C13H16ClNO2. The molecule has 0 bridgehead atoms. The van der Waals surface area contributed by atoms with Crippen LogP contribution in [-0.2, 0) is 9.53 Å². The van der Waals surface area contributed by atoms with E-state index >= 15 is 0 Å². The third kappa shape index (κ3) is 2.72. The van der Waals surface area contributed by atoms with Crippen LogP contribution in [0.15, 0.2) is 24.3 Å². The molecule has 1 atom stereocenters. The lowest BCUT2D eigenvalue weighted by molar-refractivity contribution is -0.144. The topological polar surface area (TPSA) is 29.5 Å². The molecule has 92 valence electrons. The average molecular weight is 254 g/mol. The van der Waals surface area contributed by atoms with Gasteiger partial charge in [0, 0.05) is 17.3 Å². The number of ether oxygens (including phenoxy) is 1. The van der Waals surface area contributed by atoms with Crippen molar-refractivity contribution in [3.63, 3.8) is 0 Å². The Bertz CT molecular complexity index is 391. The molecule has 2 rings (SSSR count). The van der Waals surface area contributed by atoms with Crippen molar-refractivity contribution in [3.8, 4) is 0 Å². The monoisotopic (exact) mass is 253 g/mol. The smallest absolute Gasteiger partial charge is 0.328 e. The molecule has 17 heavy (non-hydrogen) atoms. The third-order valence-electron chi connectivity index (χ3n) is 2.97. The summed E-state index contributed by atoms with van der Waals surface area (Å²) in [4.78, 5) is 13.9. The quantitative estimate of drug-likeness (QED) is 0.776. The standard InChI is InChI=1S/C13H16ClNO2/c1-2-17-13(16)12-4-3-9-15(12)11-7-5-10(14)6-8-11/h5-8,12H,2-4,9H2,1H3. The van der Waals surface area contributed by atoms with Crippen LogP contribution in [-0.4, -0.2) is 25.2 Å². The number of benzene rings is 1. The van der Waals surface area contributed by atoms with Crippen molar-refractivity contribution >= 4 is 23.3 Å². The van der Waals surface area contributed by atoms with E-state index < -0.39 is 0 Å². The van der Waals surface area contributed by atoms with Crippen LogP contribution in [0.25, 0.3) is 0 Å². The SMILES string of the molecule is CCOC(=O)C1CCCN1c1ccc(Cl)cc1. The van der Waals surface area contributed by atoms with E-state index in [0.717, 1.165) is 25.1 Å². The molecule has 0 spiro atoms. The summed E-state index contributed by atoms with van der Waals surface area (Å²) in [6.07, 6.45) is 1.88. The van der Waals surface area contributed by atoms with Crippen molar-refractivity contribution in [2.45, 2.75) is 25.8 Å². The zero-order valence-electron chi connectivity index (χ0n) is 9.86. The maximum atomic E-state index is 11.8. The molecule has 1 heterocycles. The molecule has 1 unspecified atom stereocenters. The molecule has 1 aromatic rings. The second kappa shape index (κ2) is 5.41.